The van der Waals surface area contributed by atoms with Crippen LogP contribution in [0.15, 0.2) is 28.9 Å². The second kappa shape index (κ2) is 9.27. The van der Waals surface area contributed by atoms with Gasteiger partial charge in [0.2, 0.25) is 0 Å². The van der Waals surface area contributed by atoms with Crippen LogP contribution in [-0.2, 0) is 12.7 Å². The van der Waals surface area contributed by atoms with Gasteiger partial charge >= 0.3 is 6.18 Å². The van der Waals surface area contributed by atoms with Crippen LogP contribution in [0.3, 0.4) is 0 Å². The molecule has 12 heteroatoms. The minimum Gasteiger partial charge on any atom is -0.389 e. The quantitative estimate of drug-likeness (QED) is 0.426. The maximum atomic E-state index is 14.7. The van der Waals surface area contributed by atoms with Gasteiger partial charge in [0.1, 0.15) is 17.1 Å². The third-order valence-electron chi connectivity index (χ3n) is 5.70. The smallest absolute Gasteiger partial charge is 0.389 e. The van der Waals surface area contributed by atoms with Gasteiger partial charge in [-0.2, -0.15) is 18.3 Å². The summed E-state index contributed by atoms with van der Waals surface area (Å²) >= 11 is 6.17. The van der Waals surface area contributed by atoms with Crippen LogP contribution in [0.25, 0.3) is 22.6 Å². The second-order valence-electron chi connectivity index (χ2n) is 9.16. The van der Waals surface area contributed by atoms with Crippen LogP contribution in [0.1, 0.15) is 55.6 Å². The summed E-state index contributed by atoms with van der Waals surface area (Å²) in [6.45, 7) is 2.19. The molecular weight excluding hydrogens is 492 g/mol. The van der Waals surface area contributed by atoms with Gasteiger partial charge in [0.15, 0.2) is 11.5 Å². The summed E-state index contributed by atoms with van der Waals surface area (Å²) in [6, 6.07) is 3.63. The van der Waals surface area contributed by atoms with Crippen LogP contribution < -0.4 is 5.32 Å². The van der Waals surface area contributed by atoms with Crippen LogP contribution >= 0.6 is 11.6 Å². The number of nitrogens with one attached hydrogen (secondary N) is 1. The lowest BCUT2D eigenvalue weighted by molar-refractivity contribution is -0.144. The molecule has 2 heterocycles. The SMILES string of the molecule is CC(C)(O)Cn1ncc(-c2onc(-c3c(F)cccc3Cl)c2C(=O)NC2CCCC2)c1C(F)(F)F. The highest BCUT2D eigenvalue weighted by atomic mass is 35.5. The predicted octanol–water partition coefficient (Wildman–Crippen LogP) is 5.46. The monoisotopic (exact) mass is 514 g/mol. The van der Waals surface area contributed by atoms with E-state index in [2.05, 4.69) is 15.6 Å². The number of carbonyl (C=O) groups is 1. The minimum atomic E-state index is -4.92. The number of alkyl halides is 3. The Labute approximate surface area is 203 Å². The molecule has 2 aromatic heterocycles. The van der Waals surface area contributed by atoms with Crippen molar-refractivity contribution in [2.75, 3.05) is 0 Å². The highest BCUT2D eigenvalue weighted by molar-refractivity contribution is 6.33. The topological polar surface area (TPSA) is 93.2 Å². The minimum absolute atomic E-state index is 0.0893. The summed E-state index contributed by atoms with van der Waals surface area (Å²) < 4.78 is 63.0. The molecule has 1 aromatic carbocycles. The lowest BCUT2D eigenvalue weighted by Crippen LogP contribution is -2.33. The van der Waals surface area contributed by atoms with E-state index in [-0.39, 0.29) is 27.9 Å². The maximum Gasteiger partial charge on any atom is 0.433 e. The van der Waals surface area contributed by atoms with Crippen LogP contribution in [0.5, 0.6) is 0 Å². The average molecular weight is 515 g/mol. The summed E-state index contributed by atoms with van der Waals surface area (Å²) in [4.78, 5) is 13.3. The molecule has 1 aliphatic carbocycles. The van der Waals surface area contributed by atoms with Crippen LogP contribution in [-0.4, -0.2) is 37.6 Å². The number of carbonyl (C=O) groups excluding carboxylic acids is 1. The zero-order valence-corrected chi connectivity index (χ0v) is 19.7. The first-order valence-corrected chi connectivity index (χ1v) is 11.4. The molecule has 0 atom stereocenters. The van der Waals surface area contributed by atoms with Crippen molar-refractivity contribution in [3.63, 3.8) is 0 Å². The molecule has 188 valence electrons. The number of aliphatic hydroxyl groups is 1. The van der Waals surface area contributed by atoms with Gasteiger partial charge in [-0.05, 0) is 38.8 Å². The van der Waals surface area contributed by atoms with Gasteiger partial charge in [-0.15, -0.1) is 0 Å². The number of benzene rings is 1. The summed E-state index contributed by atoms with van der Waals surface area (Å²) in [5.74, 6) is -2.10. The molecular formula is C23H23ClF4N4O3. The van der Waals surface area contributed by atoms with Crippen molar-refractivity contribution in [3.8, 4) is 22.6 Å². The molecule has 3 aromatic rings. The van der Waals surface area contributed by atoms with Crippen LogP contribution in [0.4, 0.5) is 17.6 Å². The lowest BCUT2D eigenvalue weighted by atomic mass is 10.0. The molecule has 1 amide bonds. The fourth-order valence-corrected chi connectivity index (χ4v) is 4.50. The van der Waals surface area contributed by atoms with Crippen molar-refractivity contribution in [2.45, 2.75) is 63.9 Å². The molecule has 4 rings (SSSR count). The van der Waals surface area contributed by atoms with E-state index in [1.165, 1.54) is 26.0 Å². The molecule has 1 saturated carbocycles. The largest absolute Gasteiger partial charge is 0.433 e. The zero-order valence-electron chi connectivity index (χ0n) is 18.9. The highest BCUT2D eigenvalue weighted by Crippen LogP contribution is 2.42. The van der Waals surface area contributed by atoms with Gasteiger partial charge < -0.3 is 14.9 Å². The number of hydrogen-bond acceptors (Lipinski definition) is 5. The molecule has 0 spiro atoms. The number of hydrogen-bond donors (Lipinski definition) is 2. The molecule has 35 heavy (non-hydrogen) atoms. The van der Waals surface area contributed by atoms with Gasteiger partial charge in [0.05, 0.1) is 34.5 Å². The summed E-state index contributed by atoms with van der Waals surface area (Å²) in [6.07, 6.45) is -0.823. The predicted molar refractivity (Wildman–Crippen MR) is 119 cm³/mol. The second-order valence-corrected chi connectivity index (χ2v) is 9.57. The number of rotatable bonds is 6. The van der Waals surface area contributed by atoms with E-state index < -0.39 is 47.1 Å². The van der Waals surface area contributed by atoms with Gasteiger partial charge in [-0.3, -0.25) is 9.48 Å². The average Bonchev–Trinajstić information content (AvgIpc) is 3.45. The third kappa shape index (κ3) is 5.20. The van der Waals surface area contributed by atoms with E-state index in [9.17, 15) is 27.5 Å². The number of nitrogens with zero attached hydrogens (tertiary/aromatic N) is 3. The van der Waals surface area contributed by atoms with Gasteiger partial charge in [-0.1, -0.05) is 35.7 Å². The Hall–Kier alpha value is -2.92. The van der Waals surface area contributed by atoms with E-state index in [0.29, 0.717) is 17.5 Å². The van der Waals surface area contributed by atoms with E-state index in [4.69, 9.17) is 16.1 Å². The highest BCUT2D eigenvalue weighted by Gasteiger charge is 2.42. The number of halogens is 5. The Balaban J connectivity index is 1.92. The molecule has 1 fully saturated rings. The standard InChI is InChI=1S/C23H23ClF4N4O3/c1-22(2,34)11-32-20(23(26,27)28)13(10-29-32)19-17(21(33)30-12-6-3-4-7-12)18(31-35-19)16-14(24)8-5-9-15(16)25/h5,8-10,12,34H,3-4,6-7,11H2,1-2H3,(H,30,33). The van der Waals surface area contributed by atoms with E-state index >= 15 is 0 Å². The first kappa shape index (κ1) is 25.2. The van der Waals surface area contributed by atoms with Crippen molar-refractivity contribution in [1.82, 2.24) is 20.3 Å². The first-order valence-electron chi connectivity index (χ1n) is 11.0. The Bertz CT molecular complexity index is 1220. The Morgan fingerprint density at radius 2 is 1.97 bits per heavy atom. The number of aromatic nitrogens is 3. The normalized spacial score (nSPS) is 15.1. The van der Waals surface area contributed by atoms with Crippen molar-refractivity contribution < 1.29 is 32.0 Å². The van der Waals surface area contributed by atoms with E-state index in [0.717, 1.165) is 25.1 Å². The third-order valence-corrected chi connectivity index (χ3v) is 6.01. The summed E-state index contributed by atoms with van der Waals surface area (Å²) in [5, 5.41) is 20.3. The molecule has 0 aliphatic heterocycles. The first-order chi connectivity index (χ1) is 16.4. The molecule has 0 unspecified atom stereocenters. The molecule has 7 nitrogen and oxygen atoms in total. The summed E-state index contributed by atoms with van der Waals surface area (Å²) in [5.41, 5.74) is -4.28. The Morgan fingerprint density at radius 1 is 1.29 bits per heavy atom. The van der Waals surface area contributed by atoms with Gasteiger partial charge in [0.25, 0.3) is 5.91 Å². The van der Waals surface area contributed by atoms with E-state index in [1.54, 1.807) is 0 Å². The van der Waals surface area contributed by atoms with Crippen molar-refractivity contribution in [3.05, 3.63) is 46.5 Å². The van der Waals surface area contributed by atoms with E-state index in [1.807, 2.05) is 0 Å². The van der Waals surface area contributed by atoms with Crippen molar-refractivity contribution in [2.24, 2.45) is 0 Å². The lowest BCUT2D eigenvalue weighted by Gasteiger charge is -2.20. The molecule has 0 bridgehead atoms. The number of amides is 1. The maximum absolute atomic E-state index is 14.7. The van der Waals surface area contributed by atoms with Crippen molar-refractivity contribution in [1.29, 1.82) is 0 Å². The van der Waals surface area contributed by atoms with Crippen LogP contribution in [0, 0.1) is 5.82 Å². The molecule has 0 radical (unpaired) electrons. The molecule has 2 N–H and O–H groups in total. The van der Waals surface area contributed by atoms with Gasteiger partial charge in [-0.25, -0.2) is 4.39 Å². The van der Waals surface area contributed by atoms with Crippen molar-refractivity contribution >= 4 is 17.5 Å². The Kier molecular flexibility index (Phi) is 6.67. The fourth-order valence-electron chi connectivity index (χ4n) is 4.24. The molecule has 0 saturated heterocycles. The van der Waals surface area contributed by atoms with Gasteiger partial charge in [0, 0.05) is 6.04 Å². The summed E-state index contributed by atoms with van der Waals surface area (Å²) in [7, 11) is 0. The Morgan fingerprint density at radius 3 is 2.57 bits per heavy atom. The zero-order chi connectivity index (χ0) is 25.5. The van der Waals surface area contributed by atoms with Crippen LogP contribution in [0.2, 0.25) is 5.02 Å². The fraction of sp³-hybridized carbons (Fsp3) is 0.435. The molecule has 1 aliphatic rings.